The summed E-state index contributed by atoms with van der Waals surface area (Å²) in [5, 5.41) is 3.35. The molecule has 0 aromatic heterocycles. The number of para-hydroxylation sites is 1. The third kappa shape index (κ3) is 7.09. The number of anilines is 1. The van der Waals surface area contributed by atoms with Gasteiger partial charge in [0.05, 0.1) is 6.61 Å². The van der Waals surface area contributed by atoms with Gasteiger partial charge in [0.1, 0.15) is 18.1 Å². The Morgan fingerprint density at radius 2 is 1.43 bits per heavy atom. The summed E-state index contributed by atoms with van der Waals surface area (Å²) in [5.74, 6) is 1.84. The highest BCUT2D eigenvalue weighted by Gasteiger charge is 1.96. The molecular formula is C20H27NO2. The lowest BCUT2D eigenvalue weighted by Gasteiger charge is -2.10. The molecule has 0 aliphatic carbocycles. The molecule has 3 nitrogen and oxygen atoms in total. The number of ether oxygens (including phenoxy) is 2. The summed E-state index contributed by atoms with van der Waals surface area (Å²) in [4.78, 5) is 0. The second-order valence-corrected chi connectivity index (χ2v) is 5.52. The highest BCUT2D eigenvalue weighted by Crippen LogP contribution is 2.16. The van der Waals surface area contributed by atoms with Gasteiger partial charge in [-0.25, -0.2) is 0 Å². The van der Waals surface area contributed by atoms with Crippen LogP contribution in [0.1, 0.15) is 32.6 Å². The van der Waals surface area contributed by atoms with Crippen LogP contribution in [0.4, 0.5) is 5.69 Å². The van der Waals surface area contributed by atoms with Gasteiger partial charge in [-0.1, -0.05) is 44.4 Å². The number of nitrogens with one attached hydrogen (secondary N) is 1. The lowest BCUT2D eigenvalue weighted by Crippen LogP contribution is -2.11. The molecule has 3 heteroatoms. The molecule has 0 amide bonds. The molecule has 23 heavy (non-hydrogen) atoms. The van der Waals surface area contributed by atoms with Gasteiger partial charge in [-0.05, 0) is 42.8 Å². The van der Waals surface area contributed by atoms with Gasteiger partial charge in [0.2, 0.25) is 0 Å². The zero-order chi connectivity index (χ0) is 16.2. The first-order chi connectivity index (χ1) is 11.4. The van der Waals surface area contributed by atoms with Crippen molar-refractivity contribution in [3.05, 3.63) is 54.6 Å². The molecule has 0 spiro atoms. The van der Waals surface area contributed by atoms with E-state index in [0.29, 0.717) is 6.61 Å². The quantitative estimate of drug-likeness (QED) is 0.583. The van der Waals surface area contributed by atoms with E-state index in [2.05, 4.69) is 12.2 Å². The first-order valence-corrected chi connectivity index (χ1v) is 8.53. The maximum Gasteiger partial charge on any atom is 0.119 e. The topological polar surface area (TPSA) is 30.5 Å². The third-order valence-electron chi connectivity index (χ3n) is 3.56. The summed E-state index contributed by atoms with van der Waals surface area (Å²) in [7, 11) is 0. The summed E-state index contributed by atoms with van der Waals surface area (Å²) in [5.41, 5.74) is 1.08. The Labute approximate surface area is 139 Å². The first-order valence-electron chi connectivity index (χ1n) is 8.53. The van der Waals surface area contributed by atoms with Gasteiger partial charge in [-0.3, -0.25) is 0 Å². The fourth-order valence-electron chi connectivity index (χ4n) is 2.27. The standard InChI is InChI=1S/C20H27NO2/c1-2-3-4-8-16-22-20-13-11-18(12-14-20)21-15-17-23-19-9-6-5-7-10-19/h5-7,9-14,21H,2-4,8,15-17H2,1H3. The molecule has 0 saturated heterocycles. The summed E-state index contributed by atoms with van der Waals surface area (Å²) in [6, 6.07) is 18.0. The molecular weight excluding hydrogens is 286 g/mol. The van der Waals surface area contributed by atoms with E-state index in [9.17, 15) is 0 Å². The summed E-state index contributed by atoms with van der Waals surface area (Å²) >= 11 is 0. The van der Waals surface area contributed by atoms with Gasteiger partial charge in [0.25, 0.3) is 0 Å². The lowest BCUT2D eigenvalue weighted by molar-refractivity contribution is 0.305. The molecule has 0 heterocycles. The molecule has 1 N–H and O–H groups in total. The number of hydrogen-bond acceptors (Lipinski definition) is 3. The van der Waals surface area contributed by atoms with Gasteiger partial charge < -0.3 is 14.8 Å². The van der Waals surface area contributed by atoms with Crippen molar-refractivity contribution in [3.63, 3.8) is 0 Å². The van der Waals surface area contributed by atoms with Crippen LogP contribution in [0.3, 0.4) is 0 Å². The fourth-order valence-corrected chi connectivity index (χ4v) is 2.27. The molecule has 0 bridgehead atoms. The maximum absolute atomic E-state index is 5.74. The Balaban J connectivity index is 1.61. The van der Waals surface area contributed by atoms with Crippen LogP contribution in [0.15, 0.2) is 54.6 Å². The molecule has 2 aromatic carbocycles. The second-order valence-electron chi connectivity index (χ2n) is 5.52. The zero-order valence-corrected chi connectivity index (χ0v) is 14.0. The van der Waals surface area contributed by atoms with Crippen molar-refractivity contribution < 1.29 is 9.47 Å². The Bertz CT molecular complexity index is 525. The highest BCUT2D eigenvalue weighted by molar-refractivity contribution is 5.46. The fraction of sp³-hybridized carbons (Fsp3) is 0.400. The third-order valence-corrected chi connectivity index (χ3v) is 3.56. The zero-order valence-electron chi connectivity index (χ0n) is 14.0. The van der Waals surface area contributed by atoms with Gasteiger partial charge >= 0.3 is 0 Å². The average molecular weight is 313 g/mol. The van der Waals surface area contributed by atoms with Crippen molar-refractivity contribution in [2.75, 3.05) is 25.1 Å². The van der Waals surface area contributed by atoms with Crippen molar-refractivity contribution in [2.24, 2.45) is 0 Å². The van der Waals surface area contributed by atoms with Gasteiger partial charge in [0, 0.05) is 12.2 Å². The van der Waals surface area contributed by atoms with Crippen LogP contribution in [0.5, 0.6) is 11.5 Å². The molecule has 2 aromatic rings. The Hall–Kier alpha value is -2.16. The number of benzene rings is 2. The van der Waals surface area contributed by atoms with Gasteiger partial charge in [-0.2, -0.15) is 0 Å². The van der Waals surface area contributed by atoms with E-state index in [1.165, 1.54) is 19.3 Å². The van der Waals surface area contributed by atoms with E-state index < -0.39 is 0 Å². The average Bonchev–Trinajstić information content (AvgIpc) is 2.61. The second kappa shape index (κ2) is 10.5. The molecule has 2 rings (SSSR count). The molecule has 0 aliphatic heterocycles. The molecule has 0 saturated carbocycles. The van der Waals surface area contributed by atoms with Crippen LogP contribution in [0.2, 0.25) is 0 Å². The predicted octanol–water partition coefficient (Wildman–Crippen LogP) is 5.14. The van der Waals surface area contributed by atoms with Crippen molar-refractivity contribution in [3.8, 4) is 11.5 Å². The van der Waals surface area contributed by atoms with E-state index in [-0.39, 0.29) is 0 Å². The van der Waals surface area contributed by atoms with Gasteiger partial charge in [0.15, 0.2) is 0 Å². The van der Waals surface area contributed by atoms with Crippen LogP contribution in [0, 0.1) is 0 Å². The van der Waals surface area contributed by atoms with E-state index >= 15 is 0 Å². The first kappa shape index (κ1) is 17.2. The Kier molecular flexibility index (Phi) is 7.89. The SMILES string of the molecule is CCCCCCOc1ccc(NCCOc2ccccc2)cc1. The maximum atomic E-state index is 5.74. The van der Waals surface area contributed by atoms with Crippen LogP contribution in [-0.4, -0.2) is 19.8 Å². The highest BCUT2D eigenvalue weighted by atomic mass is 16.5. The minimum atomic E-state index is 0.639. The van der Waals surface area contributed by atoms with Crippen molar-refractivity contribution in [1.82, 2.24) is 0 Å². The normalized spacial score (nSPS) is 10.3. The van der Waals surface area contributed by atoms with Crippen LogP contribution < -0.4 is 14.8 Å². The smallest absolute Gasteiger partial charge is 0.119 e. The largest absolute Gasteiger partial charge is 0.494 e. The Morgan fingerprint density at radius 3 is 2.17 bits per heavy atom. The predicted molar refractivity (Wildman–Crippen MR) is 96.5 cm³/mol. The monoisotopic (exact) mass is 313 g/mol. The number of rotatable bonds is 11. The molecule has 0 fully saturated rings. The molecule has 0 radical (unpaired) electrons. The van der Waals surface area contributed by atoms with E-state index in [1.807, 2.05) is 54.6 Å². The van der Waals surface area contributed by atoms with Crippen LogP contribution >= 0.6 is 0 Å². The minimum absolute atomic E-state index is 0.639. The Morgan fingerprint density at radius 1 is 0.739 bits per heavy atom. The van der Waals surface area contributed by atoms with Crippen LogP contribution in [-0.2, 0) is 0 Å². The summed E-state index contributed by atoms with van der Waals surface area (Å²) in [6.07, 6.45) is 4.92. The van der Waals surface area contributed by atoms with Crippen LogP contribution in [0.25, 0.3) is 0 Å². The molecule has 0 aliphatic rings. The van der Waals surface area contributed by atoms with Crippen molar-refractivity contribution >= 4 is 5.69 Å². The summed E-state index contributed by atoms with van der Waals surface area (Å²) < 4.78 is 11.4. The molecule has 0 atom stereocenters. The van der Waals surface area contributed by atoms with Crippen molar-refractivity contribution in [2.45, 2.75) is 32.6 Å². The number of unbranched alkanes of at least 4 members (excludes halogenated alkanes) is 3. The van der Waals surface area contributed by atoms with E-state index in [1.54, 1.807) is 0 Å². The number of hydrogen-bond donors (Lipinski definition) is 1. The molecule has 124 valence electrons. The van der Waals surface area contributed by atoms with Gasteiger partial charge in [-0.15, -0.1) is 0 Å². The summed E-state index contributed by atoms with van der Waals surface area (Å²) in [6.45, 7) is 4.43. The van der Waals surface area contributed by atoms with Crippen molar-refractivity contribution in [1.29, 1.82) is 0 Å². The molecule has 0 unspecified atom stereocenters. The van der Waals surface area contributed by atoms with E-state index in [0.717, 1.165) is 36.8 Å². The lowest BCUT2D eigenvalue weighted by atomic mass is 10.2. The minimum Gasteiger partial charge on any atom is -0.494 e. The van der Waals surface area contributed by atoms with E-state index in [4.69, 9.17) is 9.47 Å².